The smallest absolute Gasteiger partial charge is 0.414 e. The summed E-state index contributed by atoms with van der Waals surface area (Å²) in [6.07, 6.45) is 4.90. The van der Waals surface area contributed by atoms with Crippen LogP contribution in [0.3, 0.4) is 0 Å². The largest absolute Gasteiger partial charge is 0.473 e. The zero-order chi connectivity index (χ0) is 20.1. The lowest BCUT2D eigenvalue weighted by molar-refractivity contribution is -0.159. The number of aromatic nitrogens is 3. The highest BCUT2D eigenvalue weighted by molar-refractivity contribution is 6.27. The summed E-state index contributed by atoms with van der Waals surface area (Å²) in [4.78, 5) is 22.2. The van der Waals surface area contributed by atoms with Crippen LogP contribution in [0.5, 0.6) is 0 Å². The fourth-order valence-electron chi connectivity index (χ4n) is 2.91. The summed E-state index contributed by atoms with van der Waals surface area (Å²) in [6.45, 7) is 7.53. The van der Waals surface area contributed by atoms with E-state index in [0.717, 1.165) is 0 Å². The van der Waals surface area contributed by atoms with Crippen molar-refractivity contribution in [2.45, 2.75) is 40.0 Å². The highest BCUT2D eigenvalue weighted by atomic mass is 16.4. The predicted octanol–water partition coefficient (Wildman–Crippen LogP) is 1.98. The Bertz CT molecular complexity index is 932. The van der Waals surface area contributed by atoms with E-state index in [-0.39, 0.29) is 0 Å². The normalized spacial score (nSPS) is 11.7. The molecule has 27 heavy (non-hydrogen) atoms. The molecule has 0 saturated carbocycles. The fraction of sp³-hybridized carbons (Fsp3) is 0.316. The van der Waals surface area contributed by atoms with E-state index in [1.54, 1.807) is 12.5 Å². The molecule has 3 aromatic rings. The molecule has 8 heteroatoms. The minimum Gasteiger partial charge on any atom is -0.473 e. The summed E-state index contributed by atoms with van der Waals surface area (Å²) >= 11 is 0. The molecule has 0 fully saturated rings. The zero-order valence-corrected chi connectivity index (χ0v) is 15.5. The molecule has 1 aromatic carbocycles. The lowest BCUT2D eigenvalue weighted by Gasteiger charge is -2.15. The highest BCUT2D eigenvalue weighted by Gasteiger charge is 2.14. The van der Waals surface area contributed by atoms with Crippen LogP contribution in [0.4, 0.5) is 0 Å². The molecular weight excluding hydrogens is 350 g/mol. The molecule has 3 rings (SSSR count). The van der Waals surface area contributed by atoms with E-state index in [1.807, 2.05) is 10.8 Å². The van der Waals surface area contributed by atoms with Gasteiger partial charge in [-0.15, -0.1) is 0 Å². The number of imidazole rings is 1. The van der Waals surface area contributed by atoms with Crippen LogP contribution in [0.1, 0.15) is 16.8 Å². The number of rotatable bonds is 4. The maximum atomic E-state index is 10.4. The number of fused-ring (bicyclic) bond motifs is 1. The Morgan fingerprint density at radius 2 is 1.78 bits per heavy atom. The summed E-state index contributed by atoms with van der Waals surface area (Å²) in [5.74, 6) is -3.65. The van der Waals surface area contributed by atoms with Gasteiger partial charge >= 0.3 is 11.9 Å². The molecular formula is C19H23N3O5. The Balaban J connectivity index is 0.000000380. The van der Waals surface area contributed by atoms with Crippen molar-refractivity contribution in [1.82, 2.24) is 14.1 Å². The van der Waals surface area contributed by atoms with Gasteiger partial charge in [0, 0.05) is 29.0 Å². The summed E-state index contributed by atoms with van der Waals surface area (Å²) in [5.41, 5.74) is 4.98. The van der Waals surface area contributed by atoms with E-state index >= 15 is 0 Å². The molecule has 144 valence electrons. The van der Waals surface area contributed by atoms with Crippen LogP contribution < -0.4 is 0 Å². The summed E-state index contributed by atoms with van der Waals surface area (Å²) in [6, 6.07) is 6.49. The van der Waals surface area contributed by atoms with Crippen LogP contribution in [0, 0.1) is 20.8 Å². The van der Waals surface area contributed by atoms with Gasteiger partial charge in [0.15, 0.2) is 0 Å². The molecule has 2 aromatic heterocycles. The Hall–Kier alpha value is -3.13. The van der Waals surface area contributed by atoms with Crippen LogP contribution in [0.2, 0.25) is 0 Å². The quantitative estimate of drug-likeness (QED) is 0.602. The van der Waals surface area contributed by atoms with E-state index in [2.05, 4.69) is 48.5 Å². The SMILES string of the molecule is Cc1ccc2c(c1)c(C)c(C)n2CC(O)Cn1ccnc1.O=C(O)C(=O)O. The topological polar surface area (TPSA) is 118 Å². The summed E-state index contributed by atoms with van der Waals surface area (Å²) in [5, 5.41) is 26.4. The van der Waals surface area contributed by atoms with Crippen LogP contribution in [0.15, 0.2) is 36.9 Å². The second-order valence-corrected chi connectivity index (χ2v) is 6.37. The highest BCUT2D eigenvalue weighted by Crippen LogP contribution is 2.26. The van der Waals surface area contributed by atoms with Gasteiger partial charge in [-0.2, -0.15) is 0 Å². The average Bonchev–Trinajstić information content (AvgIpc) is 3.18. The van der Waals surface area contributed by atoms with Crippen LogP contribution in [0.25, 0.3) is 10.9 Å². The van der Waals surface area contributed by atoms with Crippen molar-refractivity contribution >= 4 is 22.8 Å². The number of aliphatic hydroxyl groups is 1. The first kappa shape index (κ1) is 20.2. The molecule has 0 aliphatic heterocycles. The molecule has 0 aliphatic rings. The first-order valence-electron chi connectivity index (χ1n) is 8.36. The fourth-order valence-corrected chi connectivity index (χ4v) is 2.91. The van der Waals surface area contributed by atoms with Gasteiger partial charge in [0.25, 0.3) is 0 Å². The number of hydrogen-bond acceptors (Lipinski definition) is 4. The van der Waals surface area contributed by atoms with Gasteiger partial charge in [0.05, 0.1) is 25.5 Å². The van der Waals surface area contributed by atoms with E-state index in [4.69, 9.17) is 19.8 Å². The lowest BCUT2D eigenvalue weighted by Crippen LogP contribution is -2.22. The van der Waals surface area contributed by atoms with Crippen molar-refractivity contribution < 1.29 is 24.9 Å². The second-order valence-electron chi connectivity index (χ2n) is 6.37. The average molecular weight is 373 g/mol. The van der Waals surface area contributed by atoms with E-state index in [9.17, 15) is 5.11 Å². The van der Waals surface area contributed by atoms with E-state index in [0.29, 0.717) is 13.1 Å². The van der Waals surface area contributed by atoms with Crippen LogP contribution in [-0.4, -0.2) is 47.5 Å². The molecule has 0 bridgehead atoms. The molecule has 0 spiro atoms. The predicted molar refractivity (Wildman–Crippen MR) is 99.7 cm³/mol. The maximum Gasteiger partial charge on any atom is 0.414 e. The summed E-state index contributed by atoms with van der Waals surface area (Å²) < 4.78 is 4.12. The molecule has 2 heterocycles. The molecule has 0 saturated heterocycles. The first-order valence-corrected chi connectivity index (χ1v) is 8.36. The minimum absolute atomic E-state index is 0.436. The van der Waals surface area contributed by atoms with Crippen molar-refractivity contribution in [1.29, 1.82) is 0 Å². The Morgan fingerprint density at radius 3 is 2.33 bits per heavy atom. The third-order valence-corrected chi connectivity index (χ3v) is 4.35. The lowest BCUT2D eigenvalue weighted by atomic mass is 10.1. The number of carbonyl (C=O) groups is 2. The van der Waals surface area contributed by atoms with Crippen molar-refractivity contribution in [3.8, 4) is 0 Å². The number of aliphatic hydroxyl groups excluding tert-OH is 1. The standard InChI is InChI=1S/C17H21N3O.C2H2O4/c1-12-4-5-17-16(8-12)13(2)14(3)20(17)10-15(21)9-19-7-6-18-11-19;3-1(4)2(5)6/h4-8,11,15,21H,9-10H2,1-3H3;(H,3,4)(H,5,6). The van der Waals surface area contributed by atoms with Gasteiger partial charge in [-0.05, 0) is 38.5 Å². The van der Waals surface area contributed by atoms with Crippen LogP contribution >= 0.6 is 0 Å². The number of carboxylic acid groups (broad SMARTS) is 2. The third kappa shape index (κ3) is 4.95. The number of hydrogen-bond donors (Lipinski definition) is 3. The molecule has 0 amide bonds. The maximum absolute atomic E-state index is 10.4. The summed E-state index contributed by atoms with van der Waals surface area (Å²) in [7, 11) is 0. The van der Waals surface area contributed by atoms with Crippen LogP contribution in [-0.2, 0) is 22.7 Å². The van der Waals surface area contributed by atoms with Gasteiger partial charge in [-0.3, -0.25) is 0 Å². The molecule has 0 aliphatic carbocycles. The Morgan fingerprint density at radius 1 is 1.11 bits per heavy atom. The number of aliphatic carboxylic acids is 2. The van der Waals surface area contributed by atoms with Gasteiger partial charge in [-0.1, -0.05) is 11.6 Å². The zero-order valence-electron chi connectivity index (χ0n) is 15.5. The van der Waals surface area contributed by atoms with Gasteiger partial charge in [-0.25, -0.2) is 14.6 Å². The van der Waals surface area contributed by atoms with Crippen molar-refractivity contribution in [2.24, 2.45) is 0 Å². The molecule has 8 nitrogen and oxygen atoms in total. The van der Waals surface area contributed by atoms with Gasteiger partial charge in [0.2, 0.25) is 0 Å². The Kier molecular flexibility index (Phi) is 6.36. The Labute approximate surface area is 156 Å². The number of carboxylic acids is 2. The first-order chi connectivity index (χ1) is 12.7. The molecule has 1 atom stereocenters. The number of benzene rings is 1. The molecule has 0 radical (unpaired) electrons. The van der Waals surface area contributed by atoms with Crippen molar-refractivity contribution in [2.75, 3.05) is 0 Å². The number of nitrogens with zero attached hydrogens (tertiary/aromatic N) is 3. The van der Waals surface area contributed by atoms with E-state index in [1.165, 1.54) is 27.7 Å². The third-order valence-electron chi connectivity index (χ3n) is 4.35. The number of aryl methyl sites for hydroxylation is 2. The minimum atomic E-state index is -1.82. The van der Waals surface area contributed by atoms with Gasteiger partial charge < -0.3 is 24.5 Å². The van der Waals surface area contributed by atoms with E-state index < -0.39 is 18.0 Å². The molecule has 3 N–H and O–H groups in total. The second kappa shape index (κ2) is 8.50. The van der Waals surface area contributed by atoms with Crippen molar-refractivity contribution in [3.05, 3.63) is 53.7 Å². The monoisotopic (exact) mass is 373 g/mol. The van der Waals surface area contributed by atoms with Gasteiger partial charge in [0.1, 0.15) is 0 Å². The molecule has 1 unspecified atom stereocenters. The van der Waals surface area contributed by atoms with Crippen molar-refractivity contribution in [3.63, 3.8) is 0 Å².